The molecule has 0 unspecified atom stereocenters. The number of rotatable bonds is 5. The van der Waals surface area contributed by atoms with Crippen LogP contribution in [0.1, 0.15) is 41.7 Å². The van der Waals surface area contributed by atoms with Gasteiger partial charge in [0, 0.05) is 28.8 Å². The summed E-state index contributed by atoms with van der Waals surface area (Å²) < 4.78 is 7.45. The van der Waals surface area contributed by atoms with E-state index in [2.05, 4.69) is 39.4 Å². The van der Waals surface area contributed by atoms with Gasteiger partial charge in [-0.25, -0.2) is 9.67 Å². The number of fused-ring (bicyclic) bond motifs is 1. The second-order valence-corrected chi connectivity index (χ2v) is 8.04. The number of anilines is 1. The number of carbonyl (C=O) groups is 1. The maximum absolute atomic E-state index is 12.9. The van der Waals surface area contributed by atoms with Crippen molar-refractivity contribution < 1.29 is 9.21 Å². The molecule has 5 aromatic rings. The number of pyridine rings is 1. The van der Waals surface area contributed by atoms with Gasteiger partial charge in [0.25, 0.3) is 5.91 Å². The van der Waals surface area contributed by atoms with Gasteiger partial charge in [-0.1, -0.05) is 25.1 Å². The molecule has 33 heavy (non-hydrogen) atoms. The fourth-order valence-electron chi connectivity index (χ4n) is 3.61. The minimum Gasteiger partial charge on any atom is -0.441 e. The summed E-state index contributed by atoms with van der Waals surface area (Å²) in [6, 6.07) is 17.0. The quantitative estimate of drug-likeness (QED) is 0.407. The molecule has 0 aliphatic heterocycles. The third kappa shape index (κ3) is 3.87. The summed E-state index contributed by atoms with van der Waals surface area (Å²) in [7, 11) is 0. The first-order chi connectivity index (χ1) is 16.0. The Hall–Kier alpha value is -4.33. The van der Waals surface area contributed by atoms with Crippen LogP contribution in [-0.4, -0.2) is 30.9 Å². The van der Waals surface area contributed by atoms with Gasteiger partial charge in [0.05, 0.1) is 23.1 Å². The average molecular weight is 438 g/mol. The third-order valence-corrected chi connectivity index (χ3v) is 5.44. The minimum atomic E-state index is -0.330. The molecule has 3 heterocycles. The van der Waals surface area contributed by atoms with Crippen LogP contribution in [0.25, 0.3) is 28.0 Å². The molecule has 3 aromatic heterocycles. The Bertz CT molecular complexity index is 1440. The number of aromatic nitrogens is 5. The SMILES string of the molecule is Cc1c(C(=O)Nc2ccc(-c3ncc(C(C)C)o3)cc2)nnn1-c1cccc2ncccc12. The van der Waals surface area contributed by atoms with E-state index >= 15 is 0 Å². The molecule has 2 aromatic carbocycles. The van der Waals surface area contributed by atoms with Gasteiger partial charge >= 0.3 is 0 Å². The highest BCUT2D eigenvalue weighted by Gasteiger charge is 2.19. The first-order valence-electron chi connectivity index (χ1n) is 10.6. The van der Waals surface area contributed by atoms with Crippen molar-refractivity contribution in [2.75, 3.05) is 5.32 Å². The van der Waals surface area contributed by atoms with Crippen LogP contribution in [0.2, 0.25) is 0 Å². The normalized spacial score (nSPS) is 11.3. The van der Waals surface area contributed by atoms with Crippen molar-refractivity contribution in [2.24, 2.45) is 0 Å². The Kier molecular flexibility index (Phi) is 5.18. The van der Waals surface area contributed by atoms with E-state index in [4.69, 9.17) is 4.42 Å². The van der Waals surface area contributed by atoms with Crippen molar-refractivity contribution in [3.63, 3.8) is 0 Å². The van der Waals surface area contributed by atoms with Crippen LogP contribution in [0.5, 0.6) is 0 Å². The molecule has 8 heteroatoms. The van der Waals surface area contributed by atoms with Crippen LogP contribution >= 0.6 is 0 Å². The standard InChI is InChI=1S/C25H22N6O2/c1-15(2)22-14-27-25(33-22)17-9-11-18(12-10-17)28-24(32)23-16(3)31(30-29-23)21-8-4-7-20-19(21)6-5-13-26-20/h4-15H,1-3H3,(H,28,32). The number of nitrogens with one attached hydrogen (secondary N) is 1. The van der Waals surface area contributed by atoms with Crippen molar-refractivity contribution in [1.82, 2.24) is 25.0 Å². The van der Waals surface area contributed by atoms with Crippen molar-refractivity contribution in [3.8, 4) is 17.1 Å². The van der Waals surface area contributed by atoms with Crippen LogP contribution in [0.3, 0.4) is 0 Å². The predicted octanol–water partition coefficient (Wildman–Crippen LogP) is 5.15. The van der Waals surface area contributed by atoms with Gasteiger partial charge in [-0.3, -0.25) is 9.78 Å². The topological polar surface area (TPSA) is 98.7 Å². The van der Waals surface area contributed by atoms with Gasteiger partial charge in [-0.2, -0.15) is 0 Å². The first kappa shape index (κ1) is 20.6. The molecule has 0 radical (unpaired) electrons. The zero-order valence-electron chi connectivity index (χ0n) is 18.5. The molecule has 0 saturated carbocycles. The zero-order valence-corrected chi connectivity index (χ0v) is 18.5. The molecule has 0 atom stereocenters. The van der Waals surface area contributed by atoms with E-state index in [9.17, 15) is 4.79 Å². The Morgan fingerprint density at radius 3 is 2.61 bits per heavy atom. The molecular weight excluding hydrogens is 416 g/mol. The smallest absolute Gasteiger partial charge is 0.278 e. The van der Waals surface area contributed by atoms with Gasteiger partial charge in [-0.05, 0) is 55.5 Å². The molecule has 5 rings (SSSR count). The van der Waals surface area contributed by atoms with Crippen LogP contribution in [0.15, 0.2) is 71.4 Å². The Morgan fingerprint density at radius 1 is 1.03 bits per heavy atom. The van der Waals surface area contributed by atoms with E-state index < -0.39 is 0 Å². The van der Waals surface area contributed by atoms with E-state index in [0.717, 1.165) is 27.9 Å². The summed E-state index contributed by atoms with van der Waals surface area (Å²) in [5.74, 6) is 1.33. The van der Waals surface area contributed by atoms with Gasteiger partial charge < -0.3 is 9.73 Å². The molecule has 0 aliphatic carbocycles. The fourth-order valence-corrected chi connectivity index (χ4v) is 3.61. The molecule has 0 saturated heterocycles. The molecule has 0 aliphatic rings. The maximum atomic E-state index is 12.9. The summed E-state index contributed by atoms with van der Waals surface area (Å²) in [6.45, 7) is 5.93. The Morgan fingerprint density at radius 2 is 1.85 bits per heavy atom. The molecule has 164 valence electrons. The van der Waals surface area contributed by atoms with Crippen molar-refractivity contribution in [2.45, 2.75) is 26.7 Å². The van der Waals surface area contributed by atoms with Crippen molar-refractivity contribution in [1.29, 1.82) is 0 Å². The summed E-state index contributed by atoms with van der Waals surface area (Å²) in [4.78, 5) is 21.6. The van der Waals surface area contributed by atoms with Gasteiger partial charge in [0.15, 0.2) is 5.69 Å². The second-order valence-electron chi connectivity index (χ2n) is 8.04. The van der Waals surface area contributed by atoms with Crippen LogP contribution in [0.4, 0.5) is 5.69 Å². The van der Waals surface area contributed by atoms with E-state index in [1.165, 1.54) is 0 Å². The molecule has 8 nitrogen and oxygen atoms in total. The lowest BCUT2D eigenvalue weighted by Gasteiger charge is -2.08. The van der Waals surface area contributed by atoms with Gasteiger partial charge in [-0.15, -0.1) is 5.10 Å². The number of nitrogens with zero attached hydrogens (tertiary/aromatic N) is 5. The van der Waals surface area contributed by atoms with E-state index in [-0.39, 0.29) is 17.5 Å². The van der Waals surface area contributed by atoms with Crippen molar-refractivity contribution in [3.05, 3.63) is 84.1 Å². The molecule has 0 bridgehead atoms. The summed E-state index contributed by atoms with van der Waals surface area (Å²) in [5, 5.41) is 12.2. The molecule has 0 spiro atoms. The van der Waals surface area contributed by atoms with Gasteiger partial charge in [0.2, 0.25) is 5.89 Å². The molecular formula is C25H22N6O2. The number of hydrogen-bond donors (Lipinski definition) is 1. The highest BCUT2D eigenvalue weighted by atomic mass is 16.4. The number of benzene rings is 2. The lowest BCUT2D eigenvalue weighted by atomic mass is 10.1. The fraction of sp³-hybridized carbons (Fsp3) is 0.160. The Balaban J connectivity index is 1.37. The summed E-state index contributed by atoms with van der Waals surface area (Å²) in [6.07, 6.45) is 3.49. The number of amides is 1. The highest BCUT2D eigenvalue weighted by Crippen LogP contribution is 2.25. The summed E-state index contributed by atoms with van der Waals surface area (Å²) in [5.41, 5.74) is 4.05. The molecule has 0 fully saturated rings. The third-order valence-electron chi connectivity index (χ3n) is 5.44. The van der Waals surface area contributed by atoms with Crippen LogP contribution < -0.4 is 5.32 Å². The lowest BCUT2D eigenvalue weighted by Crippen LogP contribution is -2.14. The second kappa shape index (κ2) is 8.31. The molecule has 1 N–H and O–H groups in total. The van der Waals surface area contributed by atoms with Crippen LogP contribution in [0, 0.1) is 6.92 Å². The number of carbonyl (C=O) groups excluding carboxylic acids is 1. The Labute approximate surface area is 190 Å². The lowest BCUT2D eigenvalue weighted by molar-refractivity contribution is 0.102. The average Bonchev–Trinajstić information content (AvgIpc) is 3.47. The monoisotopic (exact) mass is 438 g/mol. The van der Waals surface area contributed by atoms with E-state index in [1.807, 2.05) is 61.5 Å². The summed E-state index contributed by atoms with van der Waals surface area (Å²) >= 11 is 0. The maximum Gasteiger partial charge on any atom is 0.278 e. The zero-order chi connectivity index (χ0) is 22.9. The van der Waals surface area contributed by atoms with Crippen molar-refractivity contribution >= 4 is 22.5 Å². The minimum absolute atomic E-state index is 0.259. The largest absolute Gasteiger partial charge is 0.441 e. The predicted molar refractivity (Wildman–Crippen MR) is 125 cm³/mol. The number of oxazole rings is 1. The van der Waals surface area contributed by atoms with Gasteiger partial charge in [0.1, 0.15) is 5.76 Å². The van der Waals surface area contributed by atoms with E-state index in [1.54, 1.807) is 17.1 Å². The number of hydrogen-bond acceptors (Lipinski definition) is 6. The van der Waals surface area contributed by atoms with Crippen LogP contribution in [-0.2, 0) is 0 Å². The van der Waals surface area contributed by atoms with E-state index in [0.29, 0.717) is 17.3 Å². The highest BCUT2D eigenvalue weighted by molar-refractivity contribution is 6.03. The first-order valence-corrected chi connectivity index (χ1v) is 10.6. The molecule has 1 amide bonds.